The third-order valence-electron chi connectivity index (χ3n) is 5.15. The SMILES string of the molecule is COC(=O)C(CCC=NC(=O)OC(C)(C)C)C1CCN(C(=O)OCC[Si](C)(C)C)CC1. The molecule has 1 atom stereocenters. The van der Waals surface area contributed by atoms with Crippen molar-refractivity contribution >= 4 is 32.4 Å². The van der Waals surface area contributed by atoms with Crippen LogP contribution in [0.15, 0.2) is 4.99 Å². The first-order valence-electron chi connectivity index (χ1n) is 11.1. The third kappa shape index (κ3) is 11.3. The molecule has 9 heteroatoms. The monoisotopic (exact) mass is 456 g/mol. The van der Waals surface area contributed by atoms with Gasteiger partial charge in [0.2, 0.25) is 0 Å². The molecule has 0 spiro atoms. The van der Waals surface area contributed by atoms with Crippen LogP contribution in [0.5, 0.6) is 0 Å². The molecular formula is C22H40N2O6Si. The first kappa shape index (κ1) is 27.1. The van der Waals surface area contributed by atoms with Gasteiger partial charge >= 0.3 is 18.2 Å². The molecule has 1 aliphatic heterocycles. The minimum Gasteiger partial charge on any atom is -0.469 e. The molecule has 2 amide bonds. The highest BCUT2D eigenvalue weighted by Crippen LogP contribution is 2.29. The summed E-state index contributed by atoms with van der Waals surface area (Å²) in [7, 11) is 0.146. The normalized spacial score (nSPS) is 16.8. The van der Waals surface area contributed by atoms with Crippen molar-refractivity contribution in [3.63, 3.8) is 0 Å². The van der Waals surface area contributed by atoms with Crippen LogP contribution in [0.25, 0.3) is 0 Å². The first-order chi connectivity index (χ1) is 14.3. The van der Waals surface area contributed by atoms with Crippen molar-refractivity contribution in [3.8, 4) is 0 Å². The van der Waals surface area contributed by atoms with Crippen LogP contribution in [0.3, 0.4) is 0 Å². The van der Waals surface area contributed by atoms with Gasteiger partial charge < -0.3 is 19.1 Å². The fraction of sp³-hybridized carbons (Fsp3) is 0.818. The number of carbonyl (C=O) groups excluding carboxylic acids is 3. The molecule has 0 radical (unpaired) electrons. The van der Waals surface area contributed by atoms with E-state index in [-0.39, 0.29) is 23.9 Å². The van der Waals surface area contributed by atoms with Crippen LogP contribution in [0, 0.1) is 11.8 Å². The van der Waals surface area contributed by atoms with Crippen molar-refractivity contribution < 1.29 is 28.6 Å². The van der Waals surface area contributed by atoms with E-state index in [4.69, 9.17) is 14.2 Å². The van der Waals surface area contributed by atoms with Crippen molar-refractivity contribution in [1.29, 1.82) is 0 Å². The Labute approximate surface area is 187 Å². The van der Waals surface area contributed by atoms with Gasteiger partial charge in [-0.25, -0.2) is 9.59 Å². The minimum absolute atomic E-state index is 0.119. The predicted molar refractivity (Wildman–Crippen MR) is 123 cm³/mol. The second-order valence-electron chi connectivity index (χ2n) is 10.2. The molecule has 0 aromatic rings. The lowest BCUT2D eigenvalue weighted by atomic mass is 9.82. The van der Waals surface area contributed by atoms with Gasteiger partial charge in [0.25, 0.3) is 0 Å². The van der Waals surface area contributed by atoms with E-state index in [1.807, 2.05) is 0 Å². The van der Waals surface area contributed by atoms with Crippen LogP contribution in [0.1, 0.15) is 46.5 Å². The number of amides is 2. The second kappa shape index (κ2) is 12.2. The van der Waals surface area contributed by atoms with Gasteiger partial charge in [0.05, 0.1) is 19.6 Å². The molecule has 1 heterocycles. The van der Waals surface area contributed by atoms with E-state index >= 15 is 0 Å². The maximum Gasteiger partial charge on any atom is 0.433 e. The second-order valence-corrected chi connectivity index (χ2v) is 15.9. The molecule has 1 aliphatic rings. The summed E-state index contributed by atoms with van der Waals surface area (Å²) < 4.78 is 15.6. The maximum absolute atomic E-state index is 12.3. The molecule has 1 rings (SSSR count). The summed E-state index contributed by atoms with van der Waals surface area (Å²) in [5.74, 6) is -0.435. The molecule has 1 unspecified atom stereocenters. The van der Waals surface area contributed by atoms with Gasteiger partial charge in [-0.15, -0.1) is 0 Å². The summed E-state index contributed by atoms with van der Waals surface area (Å²) in [6, 6.07) is 0.949. The van der Waals surface area contributed by atoms with Crippen LogP contribution < -0.4 is 0 Å². The first-order valence-corrected chi connectivity index (χ1v) is 14.8. The fourth-order valence-electron chi connectivity index (χ4n) is 3.40. The van der Waals surface area contributed by atoms with E-state index < -0.39 is 19.8 Å². The zero-order valence-electron chi connectivity index (χ0n) is 20.2. The van der Waals surface area contributed by atoms with Gasteiger partial charge in [0.15, 0.2) is 0 Å². The molecule has 0 bridgehead atoms. The van der Waals surface area contributed by atoms with E-state index in [2.05, 4.69) is 24.6 Å². The summed E-state index contributed by atoms with van der Waals surface area (Å²) in [6.07, 6.45) is 3.02. The topological polar surface area (TPSA) is 94.5 Å². The van der Waals surface area contributed by atoms with E-state index in [0.29, 0.717) is 45.4 Å². The number of methoxy groups -OCH3 is 1. The summed E-state index contributed by atoms with van der Waals surface area (Å²) in [5, 5.41) is 0. The number of esters is 1. The van der Waals surface area contributed by atoms with Crippen LogP contribution in [0.2, 0.25) is 25.7 Å². The van der Waals surface area contributed by atoms with Gasteiger partial charge in [0, 0.05) is 27.4 Å². The summed E-state index contributed by atoms with van der Waals surface area (Å²) in [4.78, 5) is 41.8. The highest BCUT2D eigenvalue weighted by atomic mass is 28.3. The lowest BCUT2D eigenvalue weighted by Crippen LogP contribution is -2.42. The molecule has 0 aromatic heterocycles. The number of nitrogens with zero attached hydrogens (tertiary/aromatic N) is 2. The summed E-state index contributed by atoms with van der Waals surface area (Å²) >= 11 is 0. The number of piperidine rings is 1. The zero-order valence-corrected chi connectivity index (χ0v) is 21.2. The Morgan fingerprint density at radius 3 is 2.29 bits per heavy atom. The van der Waals surface area contributed by atoms with Crippen molar-refractivity contribution in [2.75, 3.05) is 26.8 Å². The minimum atomic E-state index is -1.24. The number of ether oxygens (including phenoxy) is 3. The van der Waals surface area contributed by atoms with Crippen molar-refractivity contribution in [2.24, 2.45) is 16.8 Å². The number of carbonyl (C=O) groups is 3. The standard InChI is InChI=1S/C22H40N2O6Si/c1-22(2,3)30-20(26)23-12-8-9-18(19(25)28-4)17-10-13-24(14-11-17)21(27)29-15-16-31(5,6)7/h12,17-18H,8-11,13-16H2,1-7H3. The number of hydrogen-bond donors (Lipinski definition) is 0. The van der Waals surface area contributed by atoms with Crippen molar-refractivity contribution in [1.82, 2.24) is 4.90 Å². The predicted octanol–water partition coefficient (Wildman–Crippen LogP) is 4.75. The molecule has 1 saturated heterocycles. The van der Waals surface area contributed by atoms with Gasteiger partial charge in [-0.05, 0) is 58.4 Å². The number of aliphatic imine (C=N–C) groups is 1. The quantitative estimate of drug-likeness (QED) is 0.226. The highest BCUT2D eigenvalue weighted by molar-refractivity contribution is 6.76. The molecule has 0 N–H and O–H groups in total. The summed E-state index contributed by atoms with van der Waals surface area (Å²) in [5.41, 5.74) is -0.590. The average Bonchev–Trinajstić information content (AvgIpc) is 2.65. The molecule has 0 aromatic carbocycles. The number of rotatable bonds is 8. The smallest absolute Gasteiger partial charge is 0.433 e. The Morgan fingerprint density at radius 2 is 1.77 bits per heavy atom. The third-order valence-corrected chi connectivity index (χ3v) is 6.85. The molecule has 31 heavy (non-hydrogen) atoms. The Balaban J connectivity index is 2.51. The average molecular weight is 457 g/mol. The Kier molecular flexibility index (Phi) is 10.7. The zero-order chi connectivity index (χ0) is 23.7. The van der Waals surface area contributed by atoms with E-state index in [1.54, 1.807) is 25.7 Å². The fourth-order valence-corrected chi connectivity index (χ4v) is 4.11. The molecule has 1 fully saturated rings. The van der Waals surface area contributed by atoms with Crippen molar-refractivity contribution in [3.05, 3.63) is 0 Å². The molecule has 178 valence electrons. The summed E-state index contributed by atoms with van der Waals surface area (Å²) in [6.45, 7) is 13.7. The van der Waals surface area contributed by atoms with E-state index in [9.17, 15) is 14.4 Å². The Morgan fingerprint density at radius 1 is 1.16 bits per heavy atom. The molecule has 8 nitrogen and oxygen atoms in total. The van der Waals surface area contributed by atoms with E-state index in [0.717, 1.165) is 6.04 Å². The maximum atomic E-state index is 12.3. The van der Waals surface area contributed by atoms with Gasteiger partial charge in [-0.1, -0.05) is 19.6 Å². The molecule has 0 saturated carbocycles. The van der Waals surface area contributed by atoms with Gasteiger partial charge in [-0.2, -0.15) is 4.99 Å². The lowest BCUT2D eigenvalue weighted by Gasteiger charge is -2.34. The van der Waals surface area contributed by atoms with Gasteiger partial charge in [-0.3, -0.25) is 4.79 Å². The van der Waals surface area contributed by atoms with Crippen LogP contribution in [0.4, 0.5) is 9.59 Å². The van der Waals surface area contributed by atoms with Crippen molar-refractivity contribution in [2.45, 2.75) is 77.7 Å². The van der Waals surface area contributed by atoms with Crippen LogP contribution >= 0.6 is 0 Å². The highest BCUT2D eigenvalue weighted by Gasteiger charge is 2.33. The molecule has 0 aliphatic carbocycles. The molecular weight excluding hydrogens is 416 g/mol. The lowest BCUT2D eigenvalue weighted by molar-refractivity contribution is -0.148. The van der Waals surface area contributed by atoms with Crippen LogP contribution in [-0.2, 0) is 19.0 Å². The Bertz CT molecular complexity index is 631. The Hall–Kier alpha value is -1.90. The van der Waals surface area contributed by atoms with E-state index in [1.165, 1.54) is 13.3 Å². The largest absolute Gasteiger partial charge is 0.469 e. The number of hydrogen-bond acceptors (Lipinski definition) is 6. The number of likely N-dealkylation sites (tertiary alicyclic amines) is 1. The van der Waals surface area contributed by atoms with Crippen LogP contribution in [-0.4, -0.2) is 69.8 Å². The van der Waals surface area contributed by atoms with Gasteiger partial charge in [0.1, 0.15) is 5.60 Å².